The summed E-state index contributed by atoms with van der Waals surface area (Å²) in [5, 5.41) is 14.1. The van der Waals surface area contributed by atoms with Crippen LogP contribution >= 0.6 is 11.8 Å². The maximum Gasteiger partial charge on any atom is 0.277 e. The van der Waals surface area contributed by atoms with Gasteiger partial charge in [0.1, 0.15) is 0 Å². The summed E-state index contributed by atoms with van der Waals surface area (Å²) in [7, 11) is 0. The zero-order valence-corrected chi connectivity index (χ0v) is 17.3. The molecule has 30 heavy (non-hydrogen) atoms. The Morgan fingerprint density at radius 3 is 2.60 bits per heavy atom. The number of benzene rings is 2. The number of carbonyl (C=O) groups is 2. The second-order valence-electron chi connectivity index (χ2n) is 7.17. The average molecular weight is 423 g/mol. The van der Waals surface area contributed by atoms with Gasteiger partial charge in [-0.25, -0.2) is 0 Å². The fourth-order valence-corrected chi connectivity index (χ4v) is 3.55. The van der Waals surface area contributed by atoms with Crippen molar-refractivity contribution in [2.75, 3.05) is 11.1 Å². The summed E-state index contributed by atoms with van der Waals surface area (Å²) in [5.41, 5.74) is 1.88. The molecule has 4 rings (SSSR count). The fraction of sp³-hybridized carbons (Fsp3) is 0.273. The highest BCUT2D eigenvalue weighted by Crippen LogP contribution is 2.39. The number of aromatic nitrogens is 2. The quantitative estimate of drug-likeness (QED) is 0.529. The molecule has 8 heteroatoms. The molecule has 154 valence electrons. The van der Waals surface area contributed by atoms with Gasteiger partial charge in [0.25, 0.3) is 11.1 Å². The lowest BCUT2D eigenvalue weighted by molar-refractivity contribution is -0.113. The van der Waals surface area contributed by atoms with Gasteiger partial charge in [0.05, 0.1) is 23.0 Å². The smallest absolute Gasteiger partial charge is 0.277 e. The van der Waals surface area contributed by atoms with E-state index in [2.05, 4.69) is 20.8 Å². The SMILES string of the molecule is C[C@@H](NC(=O)c1ccccc1NC(=O)CSc1nnc(C2CC2)o1)c1ccccc1. The van der Waals surface area contributed by atoms with Crippen molar-refractivity contribution >= 4 is 29.3 Å². The monoisotopic (exact) mass is 422 g/mol. The molecule has 1 aliphatic carbocycles. The van der Waals surface area contributed by atoms with Crippen LogP contribution in [0.1, 0.15) is 53.5 Å². The van der Waals surface area contributed by atoms with Gasteiger partial charge < -0.3 is 15.1 Å². The van der Waals surface area contributed by atoms with E-state index in [0.29, 0.717) is 28.3 Å². The Bertz CT molecular complexity index is 1030. The first-order valence-electron chi connectivity index (χ1n) is 9.81. The van der Waals surface area contributed by atoms with Gasteiger partial charge in [0.2, 0.25) is 11.8 Å². The van der Waals surface area contributed by atoms with Gasteiger partial charge in [0, 0.05) is 5.92 Å². The zero-order valence-electron chi connectivity index (χ0n) is 16.5. The van der Waals surface area contributed by atoms with Crippen molar-refractivity contribution in [1.82, 2.24) is 15.5 Å². The van der Waals surface area contributed by atoms with Crippen molar-refractivity contribution in [2.24, 2.45) is 0 Å². The molecule has 0 saturated heterocycles. The van der Waals surface area contributed by atoms with Gasteiger partial charge in [-0.05, 0) is 37.5 Å². The normalized spacial score (nSPS) is 14.2. The highest BCUT2D eigenvalue weighted by molar-refractivity contribution is 7.99. The fourth-order valence-electron chi connectivity index (χ4n) is 2.98. The molecule has 2 amide bonds. The molecule has 2 N–H and O–H groups in total. The Balaban J connectivity index is 1.35. The van der Waals surface area contributed by atoms with Crippen LogP contribution in [0.4, 0.5) is 5.69 Å². The van der Waals surface area contributed by atoms with E-state index in [-0.39, 0.29) is 23.6 Å². The molecule has 1 heterocycles. The molecule has 1 fully saturated rings. The maximum atomic E-state index is 12.8. The third-order valence-corrected chi connectivity index (χ3v) is 5.59. The van der Waals surface area contributed by atoms with E-state index >= 15 is 0 Å². The molecule has 0 spiro atoms. The minimum atomic E-state index is -0.249. The lowest BCUT2D eigenvalue weighted by Gasteiger charge is -2.16. The minimum Gasteiger partial charge on any atom is -0.416 e. The molecule has 1 aromatic heterocycles. The first-order valence-corrected chi connectivity index (χ1v) is 10.8. The Kier molecular flexibility index (Phi) is 6.13. The van der Waals surface area contributed by atoms with E-state index in [0.717, 1.165) is 18.4 Å². The van der Waals surface area contributed by atoms with Crippen LogP contribution in [0.5, 0.6) is 0 Å². The Morgan fingerprint density at radius 2 is 1.83 bits per heavy atom. The lowest BCUT2D eigenvalue weighted by Crippen LogP contribution is -2.28. The van der Waals surface area contributed by atoms with Gasteiger partial charge in [-0.3, -0.25) is 9.59 Å². The van der Waals surface area contributed by atoms with Crippen LogP contribution in [0.15, 0.2) is 64.2 Å². The molecular formula is C22H22N4O3S. The van der Waals surface area contributed by atoms with Crippen LogP contribution in [0.25, 0.3) is 0 Å². The van der Waals surface area contributed by atoms with E-state index in [1.807, 2.05) is 37.3 Å². The average Bonchev–Trinajstić information content (AvgIpc) is 3.51. The molecule has 3 aromatic rings. The van der Waals surface area contributed by atoms with E-state index in [1.54, 1.807) is 24.3 Å². The van der Waals surface area contributed by atoms with E-state index in [4.69, 9.17) is 4.42 Å². The van der Waals surface area contributed by atoms with Gasteiger partial charge in [-0.1, -0.05) is 54.2 Å². The van der Waals surface area contributed by atoms with Crippen molar-refractivity contribution < 1.29 is 14.0 Å². The first kappa shape index (κ1) is 20.2. The minimum absolute atomic E-state index is 0.114. The van der Waals surface area contributed by atoms with Crippen LogP contribution in [0, 0.1) is 0 Å². The zero-order chi connectivity index (χ0) is 20.9. The maximum absolute atomic E-state index is 12.8. The van der Waals surface area contributed by atoms with E-state index < -0.39 is 0 Å². The van der Waals surface area contributed by atoms with Crippen molar-refractivity contribution in [2.45, 2.75) is 36.9 Å². The van der Waals surface area contributed by atoms with Crippen LogP contribution in [0.2, 0.25) is 0 Å². The highest BCUT2D eigenvalue weighted by atomic mass is 32.2. The van der Waals surface area contributed by atoms with Crippen molar-refractivity contribution in [3.8, 4) is 0 Å². The molecule has 1 atom stereocenters. The topological polar surface area (TPSA) is 97.1 Å². The number of hydrogen-bond donors (Lipinski definition) is 2. The predicted octanol–water partition coefficient (Wildman–Crippen LogP) is 4.17. The highest BCUT2D eigenvalue weighted by Gasteiger charge is 2.29. The molecule has 2 aromatic carbocycles. The Hall–Kier alpha value is -3.13. The van der Waals surface area contributed by atoms with Crippen LogP contribution in [-0.4, -0.2) is 27.8 Å². The molecular weight excluding hydrogens is 400 g/mol. The summed E-state index contributed by atoms with van der Waals surface area (Å²) in [6.45, 7) is 1.92. The van der Waals surface area contributed by atoms with Gasteiger partial charge in [-0.15, -0.1) is 10.2 Å². The lowest BCUT2D eigenvalue weighted by atomic mass is 10.1. The number of anilines is 1. The number of nitrogens with zero attached hydrogens (tertiary/aromatic N) is 2. The second kappa shape index (κ2) is 9.13. The van der Waals surface area contributed by atoms with Gasteiger partial charge >= 0.3 is 0 Å². The van der Waals surface area contributed by atoms with Crippen molar-refractivity contribution in [3.63, 3.8) is 0 Å². The third kappa shape index (κ3) is 5.07. The summed E-state index contributed by atoms with van der Waals surface area (Å²) in [6.07, 6.45) is 2.16. The van der Waals surface area contributed by atoms with Gasteiger partial charge in [-0.2, -0.15) is 0 Å². The summed E-state index contributed by atoms with van der Waals surface area (Å²) in [4.78, 5) is 25.2. The number of thioether (sulfide) groups is 1. The van der Waals surface area contributed by atoms with Gasteiger partial charge in [0.15, 0.2) is 0 Å². The van der Waals surface area contributed by atoms with Crippen LogP contribution in [0.3, 0.4) is 0 Å². The second-order valence-corrected chi connectivity index (χ2v) is 8.10. The van der Waals surface area contributed by atoms with Crippen molar-refractivity contribution in [3.05, 3.63) is 71.6 Å². The number of carbonyl (C=O) groups excluding carboxylic acids is 2. The number of rotatable bonds is 8. The van der Waals surface area contributed by atoms with Crippen LogP contribution < -0.4 is 10.6 Å². The molecule has 0 aliphatic heterocycles. The Labute approximate surface area is 178 Å². The number of amides is 2. The summed E-state index contributed by atoms with van der Waals surface area (Å²) in [6, 6.07) is 16.5. The molecule has 7 nitrogen and oxygen atoms in total. The van der Waals surface area contributed by atoms with Crippen LogP contribution in [-0.2, 0) is 4.79 Å². The standard InChI is InChI=1S/C22H22N4O3S/c1-14(15-7-3-2-4-8-15)23-20(28)17-9-5-6-10-18(17)24-19(27)13-30-22-26-25-21(29-22)16-11-12-16/h2-10,14,16H,11-13H2,1H3,(H,23,28)(H,24,27)/t14-/m1/s1. The predicted molar refractivity (Wildman–Crippen MR) is 114 cm³/mol. The summed E-state index contributed by atoms with van der Waals surface area (Å²) in [5.74, 6) is 0.642. The molecule has 1 aliphatic rings. The number of hydrogen-bond acceptors (Lipinski definition) is 6. The first-order chi connectivity index (χ1) is 14.6. The molecule has 0 radical (unpaired) electrons. The Morgan fingerprint density at radius 1 is 1.10 bits per heavy atom. The van der Waals surface area contributed by atoms with Crippen molar-refractivity contribution in [1.29, 1.82) is 0 Å². The number of para-hydroxylation sites is 1. The molecule has 1 saturated carbocycles. The largest absolute Gasteiger partial charge is 0.416 e. The third-order valence-electron chi connectivity index (χ3n) is 4.77. The van der Waals surface area contributed by atoms with E-state index in [9.17, 15) is 9.59 Å². The van der Waals surface area contributed by atoms with E-state index in [1.165, 1.54) is 11.8 Å². The summed E-state index contributed by atoms with van der Waals surface area (Å²) < 4.78 is 5.55. The number of nitrogens with one attached hydrogen (secondary N) is 2. The molecule has 0 bridgehead atoms. The molecule has 0 unspecified atom stereocenters. The summed E-state index contributed by atoms with van der Waals surface area (Å²) >= 11 is 1.18.